The minimum Gasteiger partial charge on any atom is -0.494 e. The number of aromatic nitrogens is 2. The van der Waals surface area contributed by atoms with E-state index in [9.17, 15) is 9.18 Å². The number of halogens is 1. The van der Waals surface area contributed by atoms with Gasteiger partial charge in [-0.1, -0.05) is 10.6 Å². The maximum absolute atomic E-state index is 13.6. The molecule has 19 heavy (non-hydrogen) atoms. The van der Waals surface area contributed by atoms with Crippen LogP contribution >= 0.6 is 11.5 Å². The van der Waals surface area contributed by atoms with E-state index in [1.165, 1.54) is 25.4 Å². The maximum Gasteiger partial charge on any atom is 0.265 e. The van der Waals surface area contributed by atoms with E-state index in [0.717, 1.165) is 11.5 Å². The zero-order valence-electron chi connectivity index (χ0n) is 10.4. The molecule has 1 N–H and O–H groups in total. The molecule has 1 aromatic carbocycles. The van der Waals surface area contributed by atoms with Crippen LogP contribution in [0.3, 0.4) is 0 Å². The molecule has 0 spiro atoms. The summed E-state index contributed by atoms with van der Waals surface area (Å²) >= 11 is 1.01. The minimum atomic E-state index is -0.458. The summed E-state index contributed by atoms with van der Waals surface area (Å²) in [5, 5.41) is 6.34. The summed E-state index contributed by atoms with van der Waals surface area (Å²) in [7, 11) is 1.40. The number of hydrogen-bond donors (Lipinski definition) is 1. The molecular formula is C12H12FN3O2S. The fourth-order valence-corrected chi connectivity index (χ4v) is 1.99. The second-order valence-corrected chi connectivity index (χ2v) is 4.66. The zero-order valence-corrected chi connectivity index (χ0v) is 11.2. The van der Waals surface area contributed by atoms with Crippen LogP contribution in [0.4, 0.5) is 4.39 Å². The molecule has 2 rings (SSSR count). The van der Waals surface area contributed by atoms with E-state index in [0.29, 0.717) is 10.4 Å². The first kappa shape index (κ1) is 13.4. The van der Waals surface area contributed by atoms with Crippen LogP contribution in [-0.4, -0.2) is 22.6 Å². The molecule has 100 valence electrons. The lowest BCUT2D eigenvalue weighted by Crippen LogP contribution is -2.26. The molecule has 1 heterocycles. The number of ether oxygens (including phenoxy) is 1. The fraction of sp³-hybridized carbons (Fsp3) is 0.250. The summed E-state index contributed by atoms with van der Waals surface area (Å²) in [5.41, 5.74) is 0.657. The number of methoxy groups -OCH3 is 1. The zero-order chi connectivity index (χ0) is 13.8. The molecular weight excluding hydrogens is 269 g/mol. The number of rotatable bonds is 4. The standard InChI is InChI=1S/C12H12FN3O2S/c1-7(15-12(17)11-6-14-16-19-11)8-3-4-10(18-2)9(13)5-8/h3-7H,1-2H3,(H,15,17). The van der Waals surface area contributed by atoms with Crippen molar-refractivity contribution in [1.29, 1.82) is 0 Å². The first-order valence-corrected chi connectivity index (χ1v) is 6.31. The monoisotopic (exact) mass is 281 g/mol. The fourth-order valence-electron chi connectivity index (χ4n) is 1.57. The van der Waals surface area contributed by atoms with Gasteiger partial charge in [-0.05, 0) is 36.2 Å². The molecule has 0 aliphatic rings. The predicted molar refractivity (Wildman–Crippen MR) is 68.7 cm³/mol. The van der Waals surface area contributed by atoms with Crippen LogP contribution in [0.1, 0.15) is 28.2 Å². The molecule has 1 aromatic heterocycles. The van der Waals surface area contributed by atoms with Gasteiger partial charge in [-0.2, -0.15) is 0 Å². The third-order valence-electron chi connectivity index (χ3n) is 2.61. The van der Waals surface area contributed by atoms with Gasteiger partial charge in [0.15, 0.2) is 11.6 Å². The van der Waals surface area contributed by atoms with Crippen LogP contribution in [0.2, 0.25) is 0 Å². The van der Waals surface area contributed by atoms with Gasteiger partial charge in [0.25, 0.3) is 5.91 Å². The Bertz CT molecular complexity index is 574. The second-order valence-electron chi connectivity index (χ2n) is 3.87. The van der Waals surface area contributed by atoms with Gasteiger partial charge in [0, 0.05) is 0 Å². The van der Waals surface area contributed by atoms with Gasteiger partial charge in [-0.15, -0.1) is 5.10 Å². The lowest BCUT2D eigenvalue weighted by atomic mass is 10.1. The van der Waals surface area contributed by atoms with E-state index >= 15 is 0 Å². The lowest BCUT2D eigenvalue weighted by Gasteiger charge is -2.14. The smallest absolute Gasteiger partial charge is 0.265 e. The topological polar surface area (TPSA) is 64.1 Å². The average molecular weight is 281 g/mol. The maximum atomic E-state index is 13.6. The first-order chi connectivity index (χ1) is 9.11. The van der Waals surface area contributed by atoms with Crippen molar-refractivity contribution < 1.29 is 13.9 Å². The molecule has 0 aliphatic heterocycles. The van der Waals surface area contributed by atoms with Crippen LogP contribution in [0, 0.1) is 5.82 Å². The van der Waals surface area contributed by atoms with Gasteiger partial charge < -0.3 is 10.1 Å². The molecule has 5 nitrogen and oxygen atoms in total. The third-order valence-corrected chi connectivity index (χ3v) is 3.27. The molecule has 0 saturated heterocycles. The van der Waals surface area contributed by atoms with Crippen LogP contribution < -0.4 is 10.1 Å². The van der Waals surface area contributed by atoms with E-state index in [1.807, 2.05) is 0 Å². The Labute approximate surface area is 113 Å². The van der Waals surface area contributed by atoms with Crippen molar-refractivity contribution in [3.8, 4) is 5.75 Å². The Morgan fingerprint density at radius 1 is 1.53 bits per heavy atom. The summed E-state index contributed by atoms with van der Waals surface area (Å²) in [6.45, 7) is 1.77. The molecule has 0 fully saturated rings. The highest BCUT2D eigenvalue weighted by Crippen LogP contribution is 2.22. The number of carbonyl (C=O) groups excluding carboxylic acids is 1. The van der Waals surface area contributed by atoms with Gasteiger partial charge in [0.1, 0.15) is 4.88 Å². The predicted octanol–water partition coefficient (Wildman–Crippen LogP) is 2.18. The van der Waals surface area contributed by atoms with Crippen LogP contribution in [0.5, 0.6) is 5.75 Å². The highest BCUT2D eigenvalue weighted by Gasteiger charge is 2.14. The molecule has 1 atom stereocenters. The molecule has 0 aliphatic carbocycles. The van der Waals surface area contributed by atoms with E-state index < -0.39 is 5.82 Å². The summed E-state index contributed by atoms with van der Waals surface area (Å²) < 4.78 is 22.0. The number of nitrogens with zero attached hydrogens (tertiary/aromatic N) is 2. The Kier molecular flexibility index (Phi) is 4.06. The van der Waals surface area contributed by atoms with E-state index in [4.69, 9.17) is 4.74 Å². The Balaban J connectivity index is 2.09. The van der Waals surface area contributed by atoms with Gasteiger partial charge in [0.05, 0.1) is 19.3 Å². The number of amides is 1. The third kappa shape index (κ3) is 3.05. The molecule has 0 radical (unpaired) electrons. The number of carbonyl (C=O) groups is 1. The Hall–Kier alpha value is -2.02. The largest absolute Gasteiger partial charge is 0.494 e. The van der Waals surface area contributed by atoms with Crippen molar-refractivity contribution in [2.75, 3.05) is 7.11 Å². The summed E-state index contributed by atoms with van der Waals surface area (Å²) in [5.74, 6) is -0.562. The summed E-state index contributed by atoms with van der Waals surface area (Å²) in [4.78, 5) is 12.2. The van der Waals surface area contributed by atoms with Crippen molar-refractivity contribution >= 4 is 17.4 Å². The van der Waals surface area contributed by atoms with Crippen molar-refractivity contribution in [3.63, 3.8) is 0 Å². The number of benzene rings is 1. The van der Waals surface area contributed by atoms with Crippen molar-refractivity contribution in [1.82, 2.24) is 14.9 Å². The van der Waals surface area contributed by atoms with Gasteiger partial charge >= 0.3 is 0 Å². The highest BCUT2D eigenvalue weighted by atomic mass is 32.1. The normalized spacial score (nSPS) is 11.9. The van der Waals surface area contributed by atoms with Crippen molar-refractivity contribution in [2.45, 2.75) is 13.0 Å². The highest BCUT2D eigenvalue weighted by molar-refractivity contribution is 7.07. The summed E-state index contributed by atoms with van der Waals surface area (Å²) in [6, 6.07) is 4.25. The Morgan fingerprint density at radius 3 is 2.89 bits per heavy atom. The summed E-state index contributed by atoms with van der Waals surface area (Å²) in [6.07, 6.45) is 1.39. The molecule has 2 aromatic rings. The van der Waals surface area contributed by atoms with Gasteiger partial charge in [0.2, 0.25) is 0 Å². The van der Waals surface area contributed by atoms with Gasteiger partial charge in [-0.3, -0.25) is 4.79 Å². The van der Waals surface area contributed by atoms with Gasteiger partial charge in [-0.25, -0.2) is 4.39 Å². The van der Waals surface area contributed by atoms with Crippen LogP contribution in [0.15, 0.2) is 24.4 Å². The quantitative estimate of drug-likeness (QED) is 0.933. The van der Waals surface area contributed by atoms with Crippen molar-refractivity contribution in [3.05, 3.63) is 40.7 Å². The molecule has 0 bridgehead atoms. The molecule has 0 saturated carbocycles. The second kappa shape index (κ2) is 5.75. The van der Waals surface area contributed by atoms with Crippen LogP contribution in [0.25, 0.3) is 0 Å². The molecule has 7 heteroatoms. The minimum absolute atomic E-state index is 0.175. The van der Waals surface area contributed by atoms with E-state index in [2.05, 4.69) is 14.9 Å². The molecule has 1 unspecified atom stereocenters. The van der Waals surface area contributed by atoms with E-state index in [1.54, 1.807) is 13.0 Å². The number of hydrogen-bond acceptors (Lipinski definition) is 5. The van der Waals surface area contributed by atoms with Crippen LogP contribution in [-0.2, 0) is 0 Å². The van der Waals surface area contributed by atoms with E-state index in [-0.39, 0.29) is 17.7 Å². The number of nitrogens with one attached hydrogen (secondary N) is 1. The lowest BCUT2D eigenvalue weighted by molar-refractivity contribution is 0.0943. The Morgan fingerprint density at radius 2 is 2.32 bits per heavy atom. The SMILES string of the molecule is COc1ccc(C(C)NC(=O)c2cnns2)cc1F. The first-order valence-electron chi connectivity index (χ1n) is 5.53. The molecule has 1 amide bonds. The average Bonchev–Trinajstić information content (AvgIpc) is 2.92. The van der Waals surface area contributed by atoms with Crippen molar-refractivity contribution in [2.24, 2.45) is 0 Å².